The van der Waals surface area contributed by atoms with Gasteiger partial charge in [0, 0.05) is 12.1 Å². The summed E-state index contributed by atoms with van der Waals surface area (Å²) in [4.78, 5) is -0.725. The molecule has 4 N–H and O–H groups in total. The number of allylic oxidation sites excluding steroid dienone is 2. The second-order valence-electron chi connectivity index (χ2n) is 3.75. The predicted molar refractivity (Wildman–Crippen MR) is 75.7 cm³/mol. The van der Waals surface area contributed by atoms with Crippen molar-refractivity contribution in [2.75, 3.05) is 5.73 Å². The van der Waals surface area contributed by atoms with Crippen molar-refractivity contribution < 1.29 is 0 Å². The monoisotopic (exact) mass is 300 g/mol. The smallest absolute Gasteiger partial charge is 0.113 e. The molecule has 0 fully saturated rings. The quantitative estimate of drug-likeness (QED) is 0.476. The van der Waals surface area contributed by atoms with Crippen LogP contribution < -0.4 is 11.5 Å². The topological polar surface area (TPSA) is 52.0 Å². The SMILES string of the molecule is Br.Nc1ccc(C2=CCC(N)(Cl)C=C2)cc1. The number of hydrogen-bond acceptors (Lipinski definition) is 2. The van der Waals surface area contributed by atoms with Gasteiger partial charge in [-0.15, -0.1) is 17.0 Å². The minimum atomic E-state index is -0.725. The van der Waals surface area contributed by atoms with Gasteiger partial charge in [0.05, 0.1) is 0 Å². The zero-order valence-corrected chi connectivity index (χ0v) is 11.2. The maximum Gasteiger partial charge on any atom is 0.113 e. The highest BCUT2D eigenvalue weighted by atomic mass is 79.9. The molecule has 1 unspecified atom stereocenters. The molecule has 0 aromatic heterocycles. The number of anilines is 1. The Morgan fingerprint density at radius 2 is 1.81 bits per heavy atom. The van der Waals surface area contributed by atoms with Crippen molar-refractivity contribution in [3.63, 3.8) is 0 Å². The highest BCUT2D eigenvalue weighted by Crippen LogP contribution is 2.27. The van der Waals surface area contributed by atoms with E-state index in [0.29, 0.717) is 6.42 Å². The number of hydrogen-bond donors (Lipinski definition) is 2. The van der Waals surface area contributed by atoms with Crippen molar-refractivity contribution in [3.8, 4) is 0 Å². The molecule has 4 heteroatoms. The van der Waals surface area contributed by atoms with Crippen molar-refractivity contribution in [2.45, 2.75) is 11.4 Å². The maximum atomic E-state index is 5.98. The van der Waals surface area contributed by atoms with Crippen LogP contribution in [0.5, 0.6) is 0 Å². The molecule has 1 aliphatic carbocycles. The van der Waals surface area contributed by atoms with Crippen LogP contribution in [0.15, 0.2) is 42.5 Å². The molecule has 1 atom stereocenters. The molecule has 2 nitrogen and oxygen atoms in total. The van der Waals surface area contributed by atoms with Crippen LogP contribution in [0.25, 0.3) is 5.57 Å². The zero-order chi connectivity index (χ0) is 10.9. The first-order valence-electron chi connectivity index (χ1n) is 4.80. The molecule has 0 spiro atoms. The third-order valence-corrected chi connectivity index (χ3v) is 2.70. The van der Waals surface area contributed by atoms with Crippen molar-refractivity contribution in [1.29, 1.82) is 0 Å². The number of alkyl halides is 1. The Labute approximate surface area is 111 Å². The van der Waals surface area contributed by atoms with Crippen molar-refractivity contribution in [1.82, 2.24) is 0 Å². The van der Waals surface area contributed by atoms with Gasteiger partial charge in [-0.3, -0.25) is 0 Å². The molecule has 0 saturated heterocycles. The van der Waals surface area contributed by atoms with Crippen LogP contribution in [0.1, 0.15) is 12.0 Å². The average Bonchev–Trinajstić information content (AvgIpc) is 2.20. The average molecular weight is 302 g/mol. The largest absolute Gasteiger partial charge is 0.399 e. The van der Waals surface area contributed by atoms with E-state index in [-0.39, 0.29) is 17.0 Å². The van der Waals surface area contributed by atoms with Gasteiger partial charge < -0.3 is 11.5 Å². The van der Waals surface area contributed by atoms with Crippen molar-refractivity contribution in [2.24, 2.45) is 5.73 Å². The minimum Gasteiger partial charge on any atom is -0.399 e. The van der Waals surface area contributed by atoms with Gasteiger partial charge in [-0.1, -0.05) is 35.9 Å². The third kappa shape index (κ3) is 3.11. The van der Waals surface area contributed by atoms with Crippen LogP contribution in [0.4, 0.5) is 5.69 Å². The van der Waals surface area contributed by atoms with Crippen molar-refractivity contribution >= 4 is 39.8 Å². The Kier molecular flexibility index (Phi) is 4.19. The van der Waals surface area contributed by atoms with Crippen LogP contribution in [0.2, 0.25) is 0 Å². The Hall–Kier alpha value is -0.770. The van der Waals surface area contributed by atoms with E-state index in [2.05, 4.69) is 0 Å². The molecule has 86 valence electrons. The summed E-state index contributed by atoms with van der Waals surface area (Å²) >= 11 is 5.98. The van der Waals surface area contributed by atoms with Crippen LogP contribution in [-0.2, 0) is 0 Å². The van der Waals surface area contributed by atoms with Gasteiger partial charge in [0.1, 0.15) is 5.00 Å². The van der Waals surface area contributed by atoms with E-state index in [0.717, 1.165) is 16.8 Å². The summed E-state index contributed by atoms with van der Waals surface area (Å²) in [5.41, 5.74) is 14.4. The summed E-state index contributed by atoms with van der Waals surface area (Å²) < 4.78 is 0. The molecule has 0 amide bonds. The van der Waals surface area contributed by atoms with Crippen LogP contribution in [0.3, 0.4) is 0 Å². The molecule has 0 heterocycles. The number of nitrogen functional groups attached to an aromatic ring is 1. The van der Waals surface area contributed by atoms with Crippen LogP contribution in [-0.4, -0.2) is 5.00 Å². The third-order valence-electron chi connectivity index (χ3n) is 2.42. The maximum absolute atomic E-state index is 5.98. The highest BCUT2D eigenvalue weighted by Gasteiger charge is 2.19. The van der Waals surface area contributed by atoms with E-state index in [1.54, 1.807) is 0 Å². The molecule has 1 aromatic carbocycles. The number of halogens is 2. The molecule has 1 aromatic rings. The van der Waals surface area contributed by atoms with Gasteiger partial charge in [-0.05, 0) is 29.3 Å². The van der Waals surface area contributed by atoms with E-state index in [1.807, 2.05) is 42.5 Å². The van der Waals surface area contributed by atoms with Crippen LogP contribution in [0, 0.1) is 0 Å². The summed E-state index contributed by atoms with van der Waals surface area (Å²) in [6, 6.07) is 7.75. The van der Waals surface area contributed by atoms with Crippen LogP contribution >= 0.6 is 28.6 Å². The van der Waals surface area contributed by atoms with Gasteiger partial charge in [0.25, 0.3) is 0 Å². The fraction of sp³-hybridized carbons (Fsp3) is 0.167. The lowest BCUT2D eigenvalue weighted by Crippen LogP contribution is -2.30. The molecule has 0 bridgehead atoms. The molecular formula is C12H14BrClN2. The molecule has 16 heavy (non-hydrogen) atoms. The summed E-state index contributed by atoms with van der Waals surface area (Å²) in [7, 11) is 0. The standard InChI is InChI=1S/C12H13ClN2.BrH/c13-12(15)7-5-10(6-8-12)9-1-3-11(14)4-2-9;/h1-7H,8,14-15H2;1H. The Morgan fingerprint density at radius 3 is 2.31 bits per heavy atom. The number of benzene rings is 1. The van der Waals surface area contributed by atoms with Gasteiger partial charge >= 0.3 is 0 Å². The highest BCUT2D eigenvalue weighted by molar-refractivity contribution is 8.93. The summed E-state index contributed by atoms with van der Waals surface area (Å²) in [5, 5.41) is 0. The Balaban J connectivity index is 0.00000128. The van der Waals surface area contributed by atoms with E-state index >= 15 is 0 Å². The lowest BCUT2D eigenvalue weighted by molar-refractivity contribution is 0.745. The van der Waals surface area contributed by atoms with E-state index in [1.165, 1.54) is 0 Å². The number of nitrogens with two attached hydrogens (primary N) is 2. The second-order valence-corrected chi connectivity index (χ2v) is 4.45. The summed E-state index contributed by atoms with van der Waals surface area (Å²) in [6.07, 6.45) is 6.45. The molecule has 1 aliphatic rings. The summed E-state index contributed by atoms with van der Waals surface area (Å²) in [6.45, 7) is 0. The van der Waals surface area contributed by atoms with Gasteiger partial charge in [-0.2, -0.15) is 0 Å². The molecule has 0 aliphatic heterocycles. The normalized spacial score (nSPS) is 23.5. The molecule has 2 rings (SSSR count). The Bertz CT molecular complexity index is 421. The van der Waals surface area contributed by atoms with Crippen molar-refractivity contribution in [3.05, 3.63) is 48.1 Å². The molecule has 0 radical (unpaired) electrons. The zero-order valence-electron chi connectivity index (χ0n) is 8.69. The first-order chi connectivity index (χ1) is 7.07. The lowest BCUT2D eigenvalue weighted by atomic mass is 9.97. The number of rotatable bonds is 1. The Morgan fingerprint density at radius 1 is 1.19 bits per heavy atom. The first-order valence-corrected chi connectivity index (χ1v) is 5.18. The fourth-order valence-electron chi connectivity index (χ4n) is 1.52. The molecular weight excluding hydrogens is 288 g/mol. The van der Waals surface area contributed by atoms with Gasteiger partial charge in [0.2, 0.25) is 0 Å². The molecule has 0 saturated carbocycles. The first kappa shape index (κ1) is 13.3. The summed E-state index contributed by atoms with van der Waals surface area (Å²) in [5.74, 6) is 0. The van der Waals surface area contributed by atoms with Gasteiger partial charge in [-0.25, -0.2) is 0 Å². The van der Waals surface area contributed by atoms with Gasteiger partial charge in [0.15, 0.2) is 0 Å². The fourth-order valence-corrected chi connectivity index (χ4v) is 1.66. The predicted octanol–water partition coefficient (Wildman–Crippen LogP) is 3.08. The van der Waals surface area contributed by atoms with E-state index < -0.39 is 5.00 Å². The second kappa shape index (κ2) is 5.04. The van der Waals surface area contributed by atoms with E-state index in [4.69, 9.17) is 23.1 Å². The lowest BCUT2D eigenvalue weighted by Gasteiger charge is -2.20. The minimum absolute atomic E-state index is 0. The van der Waals surface area contributed by atoms with E-state index in [9.17, 15) is 0 Å².